The van der Waals surface area contributed by atoms with E-state index in [2.05, 4.69) is 47.6 Å². The van der Waals surface area contributed by atoms with Crippen molar-refractivity contribution in [3.8, 4) is 0 Å². The highest BCUT2D eigenvalue weighted by Crippen LogP contribution is 2.24. The molecule has 0 spiro atoms. The molecule has 1 aromatic carbocycles. The average molecular weight is 272 g/mol. The normalized spacial score (nSPS) is 14.4. The second-order valence-corrected chi connectivity index (χ2v) is 5.54. The first kappa shape index (κ1) is 14.9. The molecule has 0 aliphatic carbocycles. The van der Waals surface area contributed by atoms with Crippen LogP contribution in [-0.2, 0) is 4.74 Å². The summed E-state index contributed by atoms with van der Waals surface area (Å²) >= 11 is 0. The summed E-state index contributed by atoms with van der Waals surface area (Å²) in [4.78, 5) is 4.55. The third-order valence-corrected chi connectivity index (χ3v) is 3.69. The van der Waals surface area contributed by atoms with E-state index < -0.39 is 0 Å². The van der Waals surface area contributed by atoms with E-state index in [0.717, 1.165) is 24.2 Å². The number of ether oxygens (including phenoxy) is 1. The highest BCUT2D eigenvalue weighted by molar-refractivity contribution is 5.79. The Morgan fingerprint density at radius 1 is 1.25 bits per heavy atom. The number of nitrogens with zero attached hydrogens (tertiary/aromatic N) is 1. The first-order chi connectivity index (χ1) is 9.63. The number of methoxy groups -OCH3 is 1. The van der Waals surface area contributed by atoms with Gasteiger partial charge in [-0.1, -0.05) is 19.1 Å². The summed E-state index contributed by atoms with van der Waals surface area (Å²) in [7, 11) is 3.77. The van der Waals surface area contributed by atoms with Crippen LogP contribution < -0.4 is 5.32 Å². The van der Waals surface area contributed by atoms with E-state index in [0.29, 0.717) is 12.0 Å². The van der Waals surface area contributed by atoms with Crippen molar-refractivity contribution < 1.29 is 4.74 Å². The monoisotopic (exact) mass is 272 g/mol. The molecule has 0 aliphatic rings. The third kappa shape index (κ3) is 3.56. The fourth-order valence-corrected chi connectivity index (χ4v) is 2.64. The zero-order chi connectivity index (χ0) is 14.5. The standard InChI is InChI=1S/C17H24N2O/c1-12(11-20-4)9-17(18-3)15-7-8-16-14(10-15)6-5-13(2)19-16/h5-8,10,12,17-18H,9,11H2,1-4H3. The molecule has 0 bridgehead atoms. The molecule has 2 unspecified atom stereocenters. The van der Waals surface area contributed by atoms with E-state index in [1.54, 1.807) is 7.11 Å². The molecule has 2 rings (SSSR count). The molecule has 2 aromatic rings. The van der Waals surface area contributed by atoms with Gasteiger partial charge < -0.3 is 10.1 Å². The topological polar surface area (TPSA) is 34.1 Å². The quantitative estimate of drug-likeness (QED) is 0.874. The Morgan fingerprint density at radius 2 is 2.05 bits per heavy atom. The van der Waals surface area contributed by atoms with Gasteiger partial charge >= 0.3 is 0 Å². The highest BCUT2D eigenvalue weighted by Gasteiger charge is 2.14. The number of aryl methyl sites for hydroxylation is 1. The van der Waals surface area contributed by atoms with Crippen molar-refractivity contribution >= 4 is 10.9 Å². The van der Waals surface area contributed by atoms with Crippen LogP contribution in [0, 0.1) is 12.8 Å². The van der Waals surface area contributed by atoms with Crippen molar-refractivity contribution in [3.63, 3.8) is 0 Å². The predicted molar refractivity (Wildman–Crippen MR) is 83.9 cm³/mol. The summed E-state index contributed by atoms with van der Waals surface area (Å²) in [6.07, 6.45) is 1.06. The molecule has 108 valence electrons. The second-order valence-electron chi connectivity index (χ2n) is 5.54. The van der Waals surface area contributed by atoms with E-state index >= 15 is 0 Å². The molecule has 20 heavy (non-hydrogen) atoms. The van der Waals surface area contributed by atoms with Crippen LogP contribution in [0.5, 0.6) is 0 Å². The zero-order valence-corrected chi connectivity index (χ0v) is 12.8. The lowest BCUT2D eigenvalue weighted by Crippen LogP contribution is -2.20. The van der Waals surface area contributed by atoms with Crippen molar-refractivity contribution in [2.24, 2.45) is 5.92 Å². The molecule has 0 radical (unpaired) electrons. The number of hydrogen-bond donors (Lipinski definition) is 1. The summed E-state index contributed by atoms with van der Waals surface area (Å²) in [5.74, 6) is 0.532. The van der Waals surface area contributed by atoms with Crippen LogP contribution in [0.2, 0.25) is 0 Å². The molecule has 0 aliphatic heterocycles. The third-order valence-electron chi connectivity index (χ3n) is 3.69. The lowest BCUT2D eigenvalue weighted by molar-refractivity contribution is 0.150. The maximum absolute atomic E-state index is 5.23. The molecule has 2 atom stereocenters. The zero-order valence-electron chi connectivity index (χ0n) is 12.8. The Balaban J connectivity index is 2.23. The smallest absolute Gasteiger partial charge is 0.0705 e. The molecule has 1 N–H and O–H groups in total. The lowest BCUT2D eigenvalue weighted by atomic mass is 9.95. The van der Waals surface area contributed by atoms with Gasteiger partial charge in [0.2, 0.25) is 0 Å². The van der Waals surface area contributed by atoms with Gasteiger partial charge in [0.05, 0.1) is 5.52 Å². The molecule has 0 fully saturated rings. The molecule has 0 saturated carbocycles. The van der Waals surface area contributed by atoms with Crippen LogP contribution in [0.15, 0.2) is 30.3 Å². The van der Waals surface area contributed by atoms with Crippen molar-refractivity contribution in [2.75, 3.05) is 20.8 Å². The van der Waals surface area contributed by atoms with Crippen LogP contribution in [-0.4, -0.2) is 25.7 Å². The van der Waals surface area contributed by atoms with E-state index in [9.17, 15) is 0 Å². The number of pyridine rings is 1. The van der Waals surface area contributed by atoms with Crippen LogP contribution >= 0.6 is 0 Å². The molecule has 3 nitrogen and oxygen atoms in total. The molecule has 0 saturated heterocycles. The van der Waals surface area contributed by atoms with E-state index in [4.69, 9.17) is 4.74 Å². The fourth-order valence-electron chi connectivity index (χ4n) is 2.64. The number of rotatable bonds is 6. The fraction of sp³-hybridized carbons (Fsp3) is 0.471. The van der Waals surface area contributed by atoms with Gasteiger partial charge in [-0.25, -0.2) is 0 Å². The summed E-state index contributed by atoms with van der Waals surface area (Å²) in [6.45, 7) is 5.04. The van der Waals surface area contributed by atoms with Gasteiger partial charge in [0, 0.05) is 30.8 Å². The van der Waals surface area contributed by atoms with Crippen molar-refractivity contribution in [1.82, 2.24) is 10.3 Å². The van der Waals surface area contributed by atoms with Gasteiger partial charge in [-0.3, -0.25) is 4.98 Å². The molecule has 1 heterocycles. The van der Waals surface area contributed by atoms with Gasteiger partial charge in [0.1, 0.15) is 0 Å². The maximum atomic E-state index is 5.23. The Bertz CT molecular complexity index is 568. The minimum atomic E-state index is 0.353. The summed E-state index contributed by atoms with van der Waals surface area (Å²) in [6, 6.07) is 11.1. The van der Waals surface area contributed by atoms with Crippen LogP contribution in [0.25, 0.3) is 10.9 Å². The van der Waals surface area contributed by atoms with Crippen molar-refractivity contribution in [3.05, 3.63) is 41.6 Å². The molecule has 0 amide bonds. The summed E-state index contributed by atoms with van der Waals surface area (Å²) in [5, 5.41) is 4.61. The SMILES string of the molecule is CNC(CC(C)COC)c1ccc2nc(C)ccc2c1. The Hall–Kier alpha value is -1.45. The van der Waals surface area contributed by atoms with E-state index in [1.807, 2.05) is 14.0 Å². The van der Waals surface area contributed by atoms with Gasteiger partial charge in [0.15, 0.2) is 0 Å². The van der Waals surface area contributed by atoms with Crippen molar-refractivity contribution in [2.45, 2.75) is 26.3 Å². The van der Waals surface area contributed by atoms with E-state index in [-0.39, 0.29) is 0 Å². The predicted octanol–water partition coefficient (Wildman–Crippen LogP) is 3.48. The lowest BCUT2D eigenvalue weighted by Gasteiger charge is -2.21. The first-order valence-corrected chi connectivity index (χ1v) is 7.17. The molecular weight excluding hydrogens is 248 g/mol. The first-order valence-electron chi connectivity index (χ1n) is 7.17. The molecule has 3 heteroatoms. The number of hydrogen-bond acceptors (Lipinski definition) is 3. The van der Waals surface area contributed by atoms with Crippen LogP contribution in [0.3, 0.4) is 0 Å². The average Bonchev–Trinajstić information content (AvgIpc) is 2.44. The molecular formula is C17H24N2O. The maximum Gasteiger partial charge on any atom is 0.0705 e. The van der Waals surface area contributed by atoms with Gasteiger partial charge in [-0.2, -0.15) is 0 Å². The van der Waals surface area contributed by atoms with Gasteiger partial charge in [-0.15, -0.1) is 0 Å². The number of benzene rings is 1. The number of nitrogens with one attached hydrogen (secondary N) is 1. The van der Waals surface area contributed by atoms with Crippen LogP contribution in [0.1, 0.15) is 30.6 Å². The van der Waals surface area contributed by atoms with Gasteiger partial charge in [0.25, 0.3) is 0 Å². The largest absolute Gasteiger partial charge is 0.384 e. The minimum Gasteiger partial charge on any atom is -0.384 e. The van der Waals surface area contributed by atoms with Crippen molar-refractivity contribution in [1.29, 1.82) is 0 Å². The Kier molecular flexibility index (Phi) is 5.10. The number of aromatic nitrogens is 1. The number of fused-ring (bicyclic) bond motifs is 1. The van der Waals surface area contributed by atoms with Crippen LogP contribution in [0.4, 0.5) is 0 Å². The minimum absolute atomic E-state index is 0.353. The Labute approximate surface area is 121 Å². The van der Waals surface area contributed by atoms with E-state index in [1.165, 1.54) is 10.9 Å². The molecule has 1 aromatic heterocycles. The summed E-state index contributed by atoms with van der Waals surface area (Å²) in [5.41, 5.74) is 3.44. The van der Waals surface area contributed by atoms with Gasteiger partial charge in [-0.05, 0) is 50.1 Å². The summed E-state index contributed by atoms with van der Waals surface area (Å²) < 4.78 is 5.23. The highest BCUT2D eigenvalue weighted by atomic mass is 16.5. The second kappa shape index (κ2) is 6.82. The Morgan fingerprint density at radius 3 is 2.75 bits per heavy atom.